The molecule has 1 saturated carbocycles. The molecule has 5 aliphatic rings. The number of nitrogens with zero attached hydrogens (tertiary/aromatic N) is 11. The average Bonchev–Trinajstić information content (AvgIpc) is 3.54. The second-order valence-electron chi connectivity index (χ2n) is 18.2. The quantitative estimate of drug-likeness (QED) is 0.107. The fourth-order valence-corrected chi connectivity index (χ4v) is 8.76. The summed E-state index contributed by atoms with van der Waals surface area (Å²) in [5.74, 6) is 1.79. The van der Waals surface area contributed by atoms with Gasteiger partial charge in [0.1, 0.15) is 22.6 Å². The van der Waals surface area contributed by atoms with E-state index in [4.69, 9.17) is 42.0 Å². The van der Waals surface area contributed by atoms with Gasteiger partial charge in [-0.2, -0.15) is 36.3 Å². The van der Waals surface area contributed by atoms with Gasteiger partial charge in [-0.05, 0) is 35.7 Å². The molecule has 4 aromatic rings. The van der Waals surface area contributed by atoms with Crippen LogP contribution in [0.15, 0.2) is 30.6 Å². The second kappa shape index (κ2) is 25.0. The Labute approximate surface area is 430 Å². The van der Waals surface area contributed by atoms with Gasteiger partial charge in [0.25, 0.3) is 0 Å². The first-order valence-electron chi connectivity index (χ1n) is 22.5. The third-order valence-electron chi connectivity index (χ3n) is 13.0. The molecule has 4 N–H and O–H groups in total. The number of nitrogens with two attached hydrogens (primary N) is 2. The molecule has 71 heavy (non-hydrogen) atoms. The molecule has 0 radical (unpaired) electrons. The van der Waals surface area contributed by atoms with Crippen molar-refractivity contribution in [3.8, 4) is 11.3 Å². The van der Waals surface area contributed by atoms with Crippen molar-refractivity contribution in [2.45, 2.75) is 73.7 Å². The van der Waals surface area contributed by atoms with Gasteiger partial charge in [-0.25, -0.2) is 24.9 Å². The molecule has 0 spiro atoms. The Hall–Kier alpha value is -4.44. The molecular weight excluding hydrogens is 1050 g/mol. The van der Waals surface area contributed by atoms with Crippen molar-refractivity contribution in [1.29, 1.82) is 0 Å². The molecule has 5 fully saturated rings. The fraction of sp³-hybridized carbons (Fsp3) is 0.630. The third kappa shape index (κ3) is 15.1. The van der Waals surface area contributed by atoms with Crippen molar-refractivity contribution in [1.82, 2.24) is 34.9 Å². The maximum atomic E-state index is 13.6. The van der Waals surface area contributed by atoms with E-state index >= 15 is 0 Å². The SMILES string of the molecule is C.C.CC1(C)CC(c2cnc(N)nc2C(F)(F)F)CC1(C)C.Clc1cc(N2CCOCC2)nc(N2CCOCC2)n1.Nc1cc(C(F)(F)F)c(-c2cc(N3CCOCC3)nc(N3CCOCC3)n2)cn1.[Pd]. The smallest absolute Gasteiger partial charge is 0.384 e. The van der Waals surface area contributed by atoms with Crippen molar-refractivity contribution < 1.29 is 65.7 Å². The van der Waals surface area contributed by atoms with Gasteiger partial charge >= 0.3 is 12.4 Å². The summed E-state index contributed by atoms with van der Waals surface area (Å²) in [6, 6.07) is 4.22. The van der Waals surface area contributed by atoms with E-state index in [-0.39, 0.29) is 80.6 Å². The Kier molecular flexibility index (Phi) is 20.8. The zero-order chi connectivity index (χ0) is 48.9. The molecule has 4 aromatic heterocycles. The van der Waals surface area contributed by atoms with Crippen molar-refractivity contribution in [3.05, 3.63) is 52.6 Å². The van der Waals surface area contributed by atoms with Gasteiger partial charge in [-0.3, -0.25) is 0 Å². The zero-order valence-electron chi connectivity index (χ0n) is 38.9. The van der Waals surface area contributed by atoms with Crippen LogP contribution in [0.1, 0.15) is 78.1 Å². The molecule has 25 heteroatoms. The normalized spacial score (nSPS) is 19.2. The number of pyridine rings is 1. The van der Waals surface area contributed by atoms with E-state index in [1.165, 1.54) is 6.20 Å². The Morgan fingerprint density at radius 2 is 1.01 bits per heavy atom. The van der Waals surface area contributed by atoms with Crippen LogP contribution in [0, 0.1) is 10.8 Å². The molecule has 1 aliphatic carbocycles. The number of morpholine rings is 4. The summed E-state index contributed by atoms with van der Waals surface area (Å²) in [5, 5.41) is 0.484. The summed E-state index contributed by atoms with van der Waals surface area (Å²) in [6.45, 7) is 19.0. The maximum Gasteiger partial charge on any atom is 0.433 e. The van der Waals surface area contributed by atoms with Crippen LogP contribution < -0.4 is 31.1 Å². The topological polar surface area (TPSA) is 192 Å². The van der Waals surface area contributed by atoms with Gasteiger partial charge < -0.3 is 50.0 Å². The van der Waals surface area contributed by atoms with Gasteiger partial charge in [0.15, 0.2) is 5.69 Å². The minimum absolute atomic E-state index is 0. The molecule has 398 valence electrons. The Morgan fingerprint density at radius 3 is 1.46 bits per heavy atom. The maximum absolute atomic E-state index is 13.6. The van der Waals surface area contributed by atoms with Crippen LogP contribution in [0.3, 0.4) is 0 Å². The number of alkyl halides is 6. The molecule has 17 nitrogen and oxygen atoms in total. The van der Waals surface area contributed by atoms with Crippen molar-refractivity contribution in [3.63, 3.8) is 0 Å². The molecule has 9 rings (SSSR count). The summed E-state index contributed by atoms with van der Waals surface area (Å²) in [4.78, 5) is 37.2. The molecule has 0 aromatic carbocycles. The third-order valence-corrected chi connectivity index (χ3v) is 13.2. The van der Waals surface area contributed by atoms with Crippen LogP contribution in [0.5, 0.6) is 0 Å². The number of anilines is 6. The van der Waals surface area contributed by atoms with Crippen molar-refractivity contribution in [2.75, 3.05) is 136 Å². The summed E-state index contributed by atoms with van der Waals surface area (Å²) >= 11 is 6.12. The van der Waals surface area contributed by atoms with Gasteiger partial charge in [-0.1, -0.05) is 54.1 Å². The molecule has 4 saturated heterocycles. The van der Waals surface area contributed by atoms with Crippen LogP contribution >= 0.6 is 11.6 Å². The number of hydrogen-bond acceptors (Lipinski definition) is 17. The van der Waals surface area contributed by atoms with Crippen molar-refractivity contribution in [2.24, 2.45) is 10.8 Å². The fourth-order valence-electron chi connectivity index (χ4n) is 8.59. The Bertz CT molecular complexity index is 2240. The van der Waals surface area contributed by atoms with Gasteiger partial charge in [0.05, 0.1) is 64.1 Å². The van der Waals surface area contributed by atoms with Gasteiger partial charge in [-0.15, -0.1) is 0 Å². The first kappa shape index (κ1) is 59.1. The van der Waals surface area contributed by atoms with Crippen LogP contribution in [-0.2, 0) is 51.7 Å². The largest absolute Gasteiger partial charge is 0.433 e. The number of ether oxygens (including phenoxy) is 4. The number of hydrogen-bond donors (Lipinski definition) is 2. The first-order valence-corrected chi connectivity index (χ1v) is 22.8. The summed E-state index contributed by atoms with van der Waals surface area (Å²) in [6.07, 6.45) is -5.34. The van der Waals surface area contributed by atoms with Crippen LogP contribution in [-0.4, -0.2) is 140 Å². The van der Waals surface area contributed by atoms with Gasteiger partial charge in [0.2, 0.25) is 17.8 Å². The predicted octanol–water partition coefficient (Wildman–Crippen LogP) is 7.89. The van der Waals surface area contributed by atoms with E-state index in [0.717, 1.165) is 57.5 Å². The number of halogens is 7. The van der Waals surface area contributed by atoms with Crippen molar-refractivity contribution >= 4 is 46.9 Å². The Morgan fingerprint density at radius 1 is 0.577 bits per heavy atom. The molecule has 0 atom stereocenters. The molecule has 0 unspecified atom stereocenters. The molecule has 0 amide bonds. The first-order chi connectivity index (χ1) is 32.2. The monoisotopic (exact) mass is 1120 g/mol. The van der Waals surface area contributed by atoms with E-state index in [0.29, 0.717) is 102 Å². The zero-order valence-corrected chi connectivity index (χ0v) is 41.2. The summed E-state index contributed by atoms with van der Waals surface area (Å²) < 4.78 is 102. The molecule has 0 bridgehead atoms. The van der Waals surface area contributed by atoms with Crippen LogP contribution in [0.4, 0.5) is 61.6 Å². The summed E-state index contributed by atoms with van der Waals surface area (Å²) in [7, 11) is 0. The molecule has 4 aliphatic heterocycles. The standard InChI is InChI=1S/C18H21F3N6O2.C14H20F3N3.C12H17ClN4O2.2CH4.Pd/c19-18(20,21)13-9-15(22)23-11-12(13)14-10-16(26-1-5-28-6-2-26)25-17(24-14)27-3-7-29-8-4-27;1-12(2)5-8(6-13(12,3)4)9-7-19-11(18)20-10(9)14(15,16)17;13-10-9-11(16-1-5-18-6-2-16)15-12(14-10)17-3-7-19-8-4-17;;;/h9-11H,1-8H2,(H2,22,23);7-8H,5-6H2,1-4H3,(H2,18,19,20);9H,1-8H2;2*1H4;. The predicted molar refractivity (Wildman–Crippen MR) is 258 cm³/mol. The minimum atomic E-state index is -4.59. The van der Waals surface area contributed by atoms with E-state index in [1.54, 1.807) is 6.07 Å². The summed E-state index contributed by atoms with van der Waals surface area (Å²) in [5.41, 5.74) is 9.21. The number of nitrogen functional groups attached to an aromatic ring is 2. The van der Waals surface area contributed by atoms with E-state index in [2.05, 4.69) is 72.4 Å². The minimum Gasteiger partial charge on any atom is -0.384 e. The van der Waals surface area contributed by atoms with E-state index in [1.807, 2.05) is 15.9 Å². The Balaban J connectivity index is 0.000000233. The van der Waals surface area contributed by atoms with Crippen LogP contribution in [0.2, 0.25) is 5.15 Å². The number of rotatable bonds is 6. The van der Waals surface area contributed by atoms with E-state index in [9.17, 15) is 26.3 Å². The molecule has 8 heterocycles. The number of aromatic nitrogens is 7. The average molecular weight is 1120 g/mol. The van der Waals surface area contributed by atoms with Gasteiger partial charge in [0, 0.05) is 108 Å². The molecular formula is C46H66ClF6N13O4Pd. The second-order valence-corrected chi connectivity index (χ2v) is 18.6. The van der Waals surface area contributed by atoms with Crippen LogP contribution in [0.25, 0.3) is 11.3 Å². The van der Waals surface area contributed by atoms with E-state index < -0.39 is 23.6 Å².